The molecule has 0 amide bonds. The third-order valence-corrected chi connectivity index (χ3v) is 4.26. The lowest BCUT2D eigenvalue weighted by molar-refractivity contribution is -0.557. The molecule has 1 atom stereocenters. The maximum atomic E-state index is 12.0. The molecule has 6 nitrogen and oxygen atoms in total. The van der Waals surface area contributed by atoms with Crippen molar-refractivity contribution in [3.05, 3.63) is 30.3 Å². The van der Waals surface area contributed by atoms with Gasteiger partial charge in [0.2, 0.25) is 0 Å². The normalized spacial score (nSPS) is 13.3. The number of ether oxygens (including phenoxy) is 1. The lowest BCUT2D eigenvalue weighted by Gasteiger charge is -2.28. The van der Waals surface area contributed by atoms with E-state index in [2.05, 4.69) is 13.8 Å². The maximum Gasteiger partial charge on any atom is 0.380 e. The molecular weight excluding hydrogens is 348 g/mol. The first kappa shape index (κ1) is 23.4. The van der Waals surface area contributed by atoms with Crippen molar-refractivity contribution in [1.82, 2.24) is 0 Å². The van der Waals surface area contributed by atoms with Gasteiger partial charge in [0, 0.05) is 6.42 Å². The fourth-order valence-corrected chi connectivity index (χ4v) is 2.64. The number of hydrogen-bond donors (Lipinski definition) is 1. The van der Waals surface area contributed by atoms with E-state index < -0.39 is 11.8 Å². The van der Waals surface area contributed by atoms with E-state index in [-0.39, 0.29) is 6.42 Å². The minimum Gasteiger partial charge on any atom is -0.476 e. The fourth-order valence-electron chi connectivity index (χ4n) is 2.64. The van der Waals surface area contributed by atoms with Crippen molar-refractivity contribution in [2.45, 2.75) is 83.8 Å². The summed E-state index contributed by atoms with van der Waals surface area (Å²) in [7, 11) is 0. The first-order valence-corrected chi connectivity index (χ1v) is 10.1. The molecule has 0 fully saturated rings. The van der Waals surface area contributed by atoms with Crippen LogP contribution in [-0.2, 0) is 19.6 Å². The second-order valence-electron chi connectivity index (χ2n) is 6.67. The summed E-state index contributed by atoms with van der Waals surface area (Å²) >= 11 is 0. The van der Waals surface area contributed by atoms with E-state index in [0.717, 1.165) is 51.4 Å². The Kier molecular flexibility index (Phi) is 12.5. The molecule has 1 aromatic carbocycles. The quantitative estimate of drug-likeness (QED) is 0.162. The molecule has 0 spiro atoms. The van der Waals surface area contributed by atoms with Gasteiger partial charge >= 0.3 is 11.8 Å². The SMILES string of the molecule is CCCCCCCC(OOOCCCCCC)(Oc1ccccc1)C(=O)O. The van der Waals surface area contributed by atoms with Gasteiger partial charge in [-0.15, -0.1) is 4.89 Å². The number of aliphatic carboxylic acids is 1. The number of rotatable bonds is 17. The summed E-state index contributed by atoms with van der Waals surface area (Å²) in [6, 6.07) is 8.74. The van der Waals surface area contributed by atoms with Gasteiger partial charge < -0.3 is 9.84 Å². The average Bonchev–Trinajstić information content (AvgIpc) is 2.67. The van der Waals surface area contributed by atoms with Gasteiger partial charge in [-0.05, 0) is 25.0 Å². The minimum absolute atomic E-state index is 0.167. The van der Waals surface area contributed by atoms with Crippen LogP contribution in [0.1, 0.15) is 78.1 Å². The molecule has 0 aliphatic heterocycles. The summed E-state index contributed by atoms with van der Waals surface area (Å²) in [6.45, 7) is 4.61. The van der Waals surface area contributed by atoms with Crippen molar-refractivity contribution in [3.63, 3.8) is 0 Å². The van der Waals surface area contributed by atoms with Gasteiger partial charge in [-0.2, -0.15) is 0 Å². The Balaban J connectivity index is 2.62. The number of unbranched alkanes of at least 4 members (excludes halogenated alkanes) is 7. The van der Waals surface area contributed by atoms with Crippen molar-refractivity contribution in [2.24, 2.45) is 0 Å². The zero-order valence-corrected chi connectivity index (χ0v) is 16.7. The minimum atomic E-state index is -1.93. The molecule has 1 rings (SSSR count). The summed E-state index contributed by atoms with van der Waals surface area (Å²) in [5.41, 5.74) is 0. The number of hydrogen-bond acceptors (Lipinski definition) is 5. The Morgan fingerprint density at radius 1 is 0.926 bits per heavy atom. The lowest BCUT2D eigenvalue weighted by Crippen LogP contribution is -2.47. The topological polar surface area (TPSA) is 74.2 Å². The van der Waals surface area contributed by atoms with E-state index in [9.17, 15) is 9.90 Å². The van der Waals surface area contributed by atoms with Crippen LogP contribution in [-0.4, -0.2) is 23.5 Å². The van der Waals surface area contributed by atoms with Crippen LogP contribution in [0.15, 0.2) is 30.3 Å². The number of carboxylic acids is 1. The molecule has 0 saturated carbocycles. The second kappa shape index (κ2) is 14.4. The average molecular weight is 382 g/mol. The Morgan fingerprint density at radius 2 is 1.56 bits per heavy atom. The van der Waals surface area contributed by atoms with Gasteiger partial charge in [0.05, 0.1) is 6.61 Å². The van der Waals surface area contributed by atoms with Gasteiger partial charge in [-0.25, -0.2) is 9.68 Å². The van der Waals surface area contributed by atoms with Crippen molar-refractivity contribution in [1.29, 1.82) is 0 Å². The summed E-state index contributed by atoms with van der Waals surface area (Å²) in [6.07, 6.45) is 9.12. The predicted molar refractivity (Wildman–Crippen MR) is 103 cm³/mol. The molecule has 1 N–H and O–H groups in total. The molecule has 0 aliphatic carbocycles. The summed E-state index contributed by atoms with van der Waals surface area (Å²) in [5.74, 6) is -2.77. The van der Waals surface area contributed by atoms with E-state index in [1.165, 1.54) is 0 Å². The van der Waals surface area contributed by atoms with Crippen molar-refractivity contribution < 1.29 is 29.5 Å². The molecule has 0 radical (unpaired) electrons. The number of carbonyl (C=O) groups is 1. The van der Waals surface area contributed by atoms with Crippen LogP contribution in [0.5, 0.6) is 5.75 Å². The molecular formula is C21H34O6. The number of para-hydroxylation sites is 1. The third-order valence-electron chi connectivity index (χ3n) is 4.26. The first-order valence-electron chi connectivity index (χ1n) is 10.1. The van der Waals surface area contributed by atoms with Crippen LogP contribution in [0, 0.1) is 0 Å². The smallest absolute Gasteiger partial charge is 0.380 e. The van der Waals surface area contributed by atoms with E-state index in [1.54, 1.807) is 24.3 Å². The Morgan fingerprint density at radius 3 is 2.19 bits per heavy atom. The zero-order chi connectivity index (χ0) is 19.8. The highest BCUT2D eigenvalue weighted by Crippen LogP contribution is 2.26. The van der Waals surface area contributed by atoms with Crippen LogP contribution in [0.4, 0.5) is 0 Å². The Hall–Kier alpha value is -1.63. The third kappa shape index (κ3) is 9.75. The van der Waals surface area contributed by atoms with Crippen molar-refractivity contribution in [3.8, 4) is 5.75 Å². The molecule has 27 heavy (non-hydrogen) atoms. The van der Waals surface area contributed by atoms with Gasteiger partial charge in [0.15, 0.2) is 0 Å². The molecule has 0 bridgehead atoms. The molecule has 1 unspecified atom stereocenters. The van der Waals surface area contributed by atoms with Crippen LogP contribution < -0.4 is 4.74 Å². The van der Waals surface area contributed by atoms with Gasteiger partial charge in [-0.3, -0.25) is 0 Å². The molecule has 0 aliphatic rings. The lowest BCUT2D eigenvalue weighted by atomic mass is 10.1. The van der Waals surface area contributed by atoms with Gasteiger partial charge in [-0.1, -0.05) is 82.0 Å². The largest absolute Gasteiger partial charge is 0.476 e. The standard InChI is InChI=1S/C21H34O6/c1-3-5-7-9-13-17-21(20(22)23,25-19-15-11-10-12-16-19)26-27-24-18-14-8-6-4-2/h10-12,15-16H,3-9,13-14,17-18H2,1-2H3,(H,22,23). The van der Waals surface area contributed by atoms with Gasteiger partial charge in [0.25, 0.3) is 0 Å². The van der Waals surface area contributed by atoms with Gasteiger partial charge in [0.1, 0.15) is 5.75 Å². The zero-order valence-electron chi connectivity index (χ0n) is 16.7. The van der Waals surface area contributed by atoms with E-state index in [0.29, 0.717) is 18.8 Å². The van der Waals surface area contributed by atoms with Crippen LogP contribution in [0.25, 0.3) is 0 Å². The molecule has 6 heteroatoms. The van der Waals surface area contributed by atoms with Crippen LogP contribution >= 0.6 is 0 Å². The fraction of sp³-hybridized carbons (Fsp3) is 0.667. The molecule has 154 valence electrons. The van der Waals surface area contributed by atoms with E-state index in [4.69, 9.17) is 19.6 Å². The maximum absolute atomic E-state index is 12.0. The monoisotopic (exact) mass is 382 g/mol. The van der Waals surface area contributed by atoms with E-state index in [1.807, 2.05) is 6.07 Å². The summed E-state index contributed by atoms with van der Waals surface area (Å²) in [5, 5.41) is 14.6. The van der Waals surface area contributed by atoms with Crippen molar-refractivity contribution in [2.75, 3.05) is 6.61 Å². The molecule has 0 aromatic heterocycles. The summed E-state index contributed by atoms with van der Waals surface area (Å²) < 4.78 is 5.69. The molecule has 1 aromatic rings. The Labute approximate surface area is 162 Å². The molecule has 0 saturated heterocycles. The highest BCUT2D eigenvalue weighted by atomic mass is 17.5. The number of benzene rings is 1. The highest BCUT2D eigenvalue weighted by Gasteiger charge is 2.44. The number of carboxylic acid groups (broad SMARTS) is 1. The van der Waals surface area contributed by atoms with E-state index >= 15 is 0 Å². The van der Waals surface area contributed by atoms with Crippen LogP contribution in [0.3, 0.4) is 0 Å². The second-order valence-corrected chi connectivity index (χ2v) is 6.67. The van der Waals surface area contributed by atoms with Crippen LogP contribution in [0.2, 0.25) is 0 Å². The molecule has 0 heterocycles. The van der Waals surface area contributed by atoms with Crippen molar-refractivity contribution >= 4 is 5.97 Å². The summed E-state index contributed by atoms with van der Waals surface area (Å²) in [4.78, 5) is 22.1. The highest BCUT2D eigenvalue weighted by molar-refractivity contribution is 5.76. The first-order chi connectivity index (χ1) is 13.1. The predicted octanol–water partition coefficient (Wildman–Crippen LogP) is 5.67. The Bertz CT molecular complexity index is 493.